The number of carbonyl (C=O) groups excluding carboxylic acids is 1. The highest BCUT2D eigenvalue weighted by Gasteiger charge is 2.07. The van der Waals surface area contributed by atoms with E-state index in [-0.39, 0.29) is 11.9 Å². The highest BCUT2D eigenvalue weighted by atomic mass is 32.2. The molecule has 0 aromatic heterocycles. The first-order valence-corrected chi connectivity index (χ1v) is 6.95. The Morgan fingerprint density at radius 3 is 2.24 bits per heavy atom. The van der Waals surface area contributed by atoms with Gasteiger partial charge in [0.25, 0.3) is 0 Å². The fourth-order valence-electron chi connectivity index (χ4n) is 1.32. The number of benzene rings is 1. The molecule has 94 valence electrons. The van der Waals surface area contributed by atoms with Gasteiger partial charge in [0.15, 0.2) is 5.78 Å². The molecule has 0 aliphatic heterocycles. The van der Waals surface area contributed by atoms with Crippen molar-refractivity contribution in [2.45, 2.75) is 39.0 Å². The van der Waals surface area contributed by atoms with Crippen LogP contribution in [0.5, 0.6) is 5.75 Å². The minimum absolute atomic E-state index is 0.160. The van der Waals surface area contributed by atoms with E-state index in [9.17, 15) is 4.79 Å². The highest BCUT2D eigenvalue weighted by Crippen LogP contribution is 2.16. The molecule has 0 bridgehead atoms. The number of ketones is 1. The summed E-state index contributed by atoms with van der Waals surface area (Å²) in [6, 6.07) is 7.38. The van der Waals surface area contributed by atoms with Crippen LogP contribution in [0.2, 0.25) is 0 Å². The first kappa shape index (κ1) is 14.1. The van der Waals surface area contributed by atoms with Crippen LogP contribution in [0.1, 0.15) is 38.1 Å². The lowest BCUT2D eigenvalue weighted by Crippen LogP contribution is -2.07. The molecule has 0 heterocycles. The van der Waals surface area contributed by atoms with Crippen molar-refractivity contribution in [3.63, 3.8) is 0 Å². The molecule has 3 heteroatoms. The minimum Gasteiger partial charge on any atom is -0.491 e. The lowest BCUT2D eigenvalue weighted by atomic mass is 10.1. The van der Waals surface area contributed by atoms with E-state index in [4.69, 9.17) is 4.74 Å². The van der Waals surface area contributed by atoms with E-state index < -0.39 is 0 Å². The Hall–Kier alpha value is -0.960. The van der Waals surface area contributed by atoms with Crippen molar-refractivity contribution in [3.8, 4) is 5.75 Å². The van der Waals surface area contributed by atoms with Crippen LogP contribution in [0.25, 0.3) is 0 Å². The second-order valence-corrected chi connectivity index (χ2v) is 6.04. The number of hydrogen-bond acceptors (Lipinski definition) is 3. The van der Waals surface area contributed by atoms with Gasteiger partial charge in [-0.3, -0.25) is 4.79 Å². The molecule has 0 unspecified atom stereocenters. The standard InChI is InChI=1S/C14H20O2S/c1-10(2)16-13-7-5-12(6-8-13)14(15)9-17-11(3)4/h5-8,10-11H,9H2,1-4H3. The van der Waals surface area contributed by atoms with Crippen molar-refractivity contribution in [3.05, 3.63) is 29.8 Å². The summed E-state index contributed by atoms with van der Waals surface area (Å²) in [6.07, 6.45) is 0.160. The van der Waals surface area contributed by atoms with Crippen LogP contribution in [0.4, 0.5) is 0 Å². The van der Waals surface area contributed by atoms with Gasteiger partial charge in [0.2, 0.25) is 0 Å². The number of rotatable bonds is 6. The van der Waals surface area contributed by atoms with E-state index >= 15 is 0 Å². The largest absolute Gasteiger partial charge is 0.491 e. The van der Waals surface area contributed by atoms with Crippen molar-refractivity contribution in [1.29, 1.82) is 0 Å². The summed E-state index contributed by atoms with van der Waals surface area (Å²) in [7, 11) is 0. The molecule has 0 amide bonds. The summed E-state index contributed by atoms with van der Waals surface area (Å²) in [4.78, 5) is 11.8. The molecule has 0 spiro atoms. The summed E-state index contributed by atoms with van der Waals surface area (Å²) in [5.74, 6) is 1.54. The summed E-state index contributed by atoms with van der Waals surface area (Å²) >= 11 is 1.67. The zero-order valence-corrected chi connectivity index (χ0v) is 11.7. The molecule has 2 nitrogen and oxygen atoms in total. The van der Waals surface area contributed by atoms with Crippen LogP contribution in [-0.4, -0.2) is 22.9 Å². The van der Waals surface area contributed by atoms with E-state index in [1.807, 2.05) is 38.1 Å². The van der Waals surface area contributed by atoms with E-state index in [2.05, 4.69) is 13.8 Å². The molecule has 1 aromatic carbocycles. The van der Waals surface area contributed by atoms with Crippen LogP contribution in [0.15, 0.2) is 24.3 Å². The van der Waals surface area contributed by atoms with Gasteiger partial charge in [-0.1, -0.05) is 13.8 Å². The molecular formula is C14H20O2S. The first-order chi connectivity index (χ1) is 7.99. The Morgan fingerprint density at radius 2 is 1.76 bits per heavy atom. The number of ether oxygens (including phenoxy) is 1. The second kappa shape index (κ2) is 6.70. The average Bonchev–Trinajstić information content (AvgIpc) is 2.26. The third-order valence-electron chi connectivity index (χ3n) is 2.10. The van der Waals surface area contributed by atoms with Gasteiger partial charge in [-0.2, -0.15) is 11.8 Å². The number of thioether (sulfide) groups is 1. The van der Waals surface area contributed by atoms with Gasteiger partial charge >= 0.3 is 0 Å². The molecule has 0 saturated heterocycles. The molecule has 17 heavy (non-hydrogen) atoms. The second-order valence-electron chi connectivity index (χ2n) is 4.47. The summed E-state index contributed by atoms with van der Waals surface area (Å²) in [5.41, 5.74) is 0.759. The topological polar surface area (TPSA) is 26.3 Å². The highest BCUT2D eigenvalue weighted by molar-refractivity contribution is 8.00. The lowest BCUT2D eigenvalue weighted by Gasteiger charge is -2.10. The predicted molar refractivity (Wildman–Crippen MR) is 74.1 cm³/mol. The Morgan fingerprint density at radius 1 is 1.18 bits per heavy atom. The number of Topliss-reactive ketones (excluding diaryl/α,β-unsaturated/α-hetero) is 1. The summed E-state index contributed by atoms with van der Waals surface area (Å²) in [5, 5.41) is 0.488. The number of hydrogen-bond donors (Lipinski definition) is 0. The first-order valence-electron chi connectivity index (χ1n) is 5.90. The van der Waals surface area contributed by atoms with Crippen LogP contribution in [0.3, 0.4) is 0 Å². The predicted octanol–water partition coefficient (Wildman–Crippen LogP) is 3.80. The van der Waals surface area contributed by atoms with Crippen LogP contribution >= 0.6 is 11.8 Å². The van der Waals surface area contributed by atoms with Gasteiger partial charge in [0.1, 0.15) is 5.75 Å². The molecule has 0 aliphatic rings. The van der Waals surface area contributed by atoms with Gasteiger partial charge in [-0.05, 0) is 43.4 Å². The third kappa shape index (κ3) is 5.26. The SMILES string of the molecule is CC(C)Oc1ccc(C(=O)CSC(C)C)cc1. The summed E-state index contributed by atoms with van der Waals surface area (Å²) in [6.45, 7) is 8.16. The maximum absolute atomic E-state index is 11.8. The van der Waals surface area contributed by atoms with Crippen molar-refractivity contribution < 1.29 is 9.53 Å². The smallest absolute Gasteiger partial charge is 0.172 e. The van der Waals surface area contributed by atoms with Gasteiger partial charge < -0.3 is 4.74 Å². The average molecular weight is 252 g/mol. The minimum atomic E-state index is 0.160. The molecule has 0 atom stereocenters. The maximum atomic E-state index is 11.8. The van der Waals surface area contributed by atoms with E-state index in [0.717, 1.165) is 11.3 Å². The monoisotopic (exact) mass is 252 g/mol. The van der Waals surface area contributed by atoms with E-state index in [1.165, 1.54) is 0 Å². The molecule has 0 aliphatic carbocycles. The lowest BCUT2D eigenvalue weighted by molar-refractivity contribution is 0.102. The molecule has 0 N–H and O–H groups in total. The van der Waals surface area contributed by atoms with E-state index in [0.29, 0.717) is 11.0 Å². The molecule has 0 fully saturated rings. The Kier molecular flexibility index (Phi) is 5.56. The van der Waals surface area contributed by atoms with Crippen LogP contribution in [0, 0.1) is 0 Å². The van der Waals surface area contributed by atoms with Crippen molar-refractivity contribution >= 4 is 17.5 Å². The van der Waals surface area contributed by atoms with Crippen molar-refractivity contribution in [2.75, 3.05) is 5.75 Å². The van der Waals surface area contributed by atoms with Gasteiger partial charge in [0.05, 0.1) is 11.9 Å². The van der Waals surface area contributed by atoms with Crippen molar-refractivity contribution in [1.82, 2.24) is 0 Å². The van der Waals surface area contributed by atoms with Gasteiger partial charge in [0, 0.05) is 5.56 Å². The number of carbonyl (C=O) groups is 1. The Labute approximate surface area is 108 Å². The van der Waals surface area contributed by atoms with Crippen molar-refractivity contribution in [2.24, 2.45) is 0 Å². The molecule has 1 aromatic rings. The Balaban J connectivity index is 2.57. The fraction of sp³-hybridized carbons (Fsp3) is 0.500. The normalized spacial score (nSPS) is 10.9. The van der Waals surface area contributed by atoms with Gasteiger partial charge in [-0.25, -0.2) is 0 Å². The van der Waals surface area contributed by atoms with Gasteiger partial charge in [-0.15, -0.1) is 0 Å². The van der Waals surface area contributed by atoms with E-state index in [1.54, 1.807) is 11.8 Å². The Bertz CT molecular complexity index is 355. The summed E-state index contributed by atoms with van der Waals surface area (Å²) < 4.78 is 5.53. The fourth-order valence-corrected chi connectivity index (χ4v) is 1.97. The van der Waals surface area contributed by atoms with Crippen LogP contribution in [-0.2, 0) is 0 Å². The quantitative estimate of drug-likeness (QED) is 0.720. The molecule has 0 radical (unpaired) electrons. The zero-order chi connectivity index (χ0) is 12.8. The molecule has 1 rings (SSSR count). The third-order valence-corrected chi connectivity index (χ3v) is 3.19. The zero-order valence-electron chi connectivity index (χ0n) is 10.9. The van der Waals surface area contributed by atoms with Crippen LogP contribution < -0.4 is 4.74 Å². The molecule has 0 saturated carbocycles. The maximum Gasteiger partial charge on any atom is 0.172 e. The molecular weight excluding hydrogens is 232 g/mol.